The fourth-order valence-corrected chi connectivity index (χ4v) is 4.99. The van der Waals surface area contributed by atoms with Gasteiger partial charge in [-0.2, -0.15) is 4.76 Å². The molecule has 7 nitrogen and oxygen atoms in total. The van der Waals surface area contributed by atoms with E-state index in [4.69, 9.17) is 9.26 Å². The molecule has 0 radical (unpaired) electrons. The highest BCUT2D eigenvalue weighted by Gasteiger charge is 2.40. The summed E-state index contributed by atoms with van der Waals surface area (Å²) in [5.41, 5.74) is -0.532. The van der Waals surface area contributed by atoms with Crippen LogP contribution in [0.15, 0.2) is 4.76 Å². The van der Waals surface area contributed by atoms with E-state index in [1.54, 1.807) is 0 Å². The molecule has 2 saturated heterocycles. The number of nitrogens with zero attached hydrogens (tertiary/aromatic N) is 4. The lowest BCUT2D eigenvalue weighted by atomic mass is 10.2. The average molecular weight is 346 g/mol. The van der Waals surface area contributed by atoms with Crippen LogP contribution in [0, 0.1) is 0 Å². The zero-order valence-electron chi connectivity index (χ0n) is 15.3. The van der Waals surface area contributed by atoms with Crippen LogP contribution in [0.5, 0.6) is 0 Å². The van der Waals surface area contributed by atoms with Crippen molar-refractivity contribution in [3.05, 3.63) is 0 Å². The van der Waals surface area contributed by atoms with Gasteiger partial charge in [0.25, 0.3) is 0 Å². The molecular formula is C15H31N4O3P. The van der Waals surface area contributed by atoms with Crippen LogP contribution < -0.4 is 0 Å². The number of hydrogen-bond donors (Lipinski definition) is 0. The quantitative estimate of drug-likeness (QED) is 0.728. The Hall–Kier alpha value is -0.620. The second-order valence-electron chi connectivity index (χ2n) is 7.25. The molecule has 0 bridgehead atoms. The van der Waals surface area contributed by atoms with E-state index in [0.717, 1.165) is 25.5 Å². The molecule has 0 aromatic heterocycles. The third-order valence-electron chi connectivity index (χ3n) is 3.99. The second-order valence-corrected chi connectivity index (χ2v) is 9.18. The molecule has 2 fully saturated rings. The third kappa shape index (κ3) is 4.69. The van der Waals surface area contributed by atoms with Gasteiger partial charge in [-0.25, -0.2) is 9.24 Å². The molecule has 0 spiro atoms. The van der Waals surface area contributed by atoms with E-state index in [0.29, 0.717) is 19.7 Å². The van der Waals surface area contributed by atoms with Crippen LogP contribution in [-0.4, -0.2) is 79.0 Å². The van der Waals surface area contributed by atoms with E-state index in [1.807, 2.05) is 49.3 Å². The first-order chi connectivity index (χ1) is 10.6. The van der Waals surface area contributed by atoms with Gasteiger partial charge in [-0.1, -0.05) is 6.92 Å². The van der Waals surface area contributed by atoms with E-state index in [1.165, 1.54) is 0 Å². The zero-order chi connectivity index (χ0) is 17.3. The second kappa shape index (κ2) is 7.09. The highest BCUT2D eigenvalue weighted by atomic mass is 31.2. The van der Waals surface area contributed by atoms with Crippen molar-refractivity contribution in [2.24, 2.45) is 4.76 Å². The molecule has 23 heavy (non-hydrogen) atoms. The van der Waals surface area contributed by atoms with Gasteiger partial charge in [0, 0.05) is 40.3 Å². The van der Waals surface area contributed by atoms with E-state index in [2.05, 4.69) is 11.7 Å². The first-order valence-corrected chi connectivity index (χ1v) is 9.88. The van der Waals surface area contributed by atoms with Crippen LogP contribution in [-0.2, 0) is 13.8 Å². The van der Waals surface area contributed by atoms with Gasteiger partial charge < -0.3 is 14.5 Å². The highest BCUT2D eigenvalue weighted by molar-refractivity contribution is 7.55. The van der Waals surface area contributed by atoms with Crippen LogP contribution >= 0.6 is 7.67 Å². The molecular weight excluding hydrogens is 315 g/mol. The predicted molar refractivity (Wildman–Crippen MR) is 92.7 cm³/mol. The van der Waals surface area contributed by atoms with E-state index in [-0.39, 0.29) is 6.10 Å². The van der Waals surface area contributed by atoms with Gasteiger partial charge in [0.1, 0.15) is 0 Å². The fourth-order valence-electron chi connectivity index (χ4n) is 2.74. The Balaban J connectivity index is 2.32. The van der Waals surface area contributed by atoms with Crippen molar-refractivity contribution in [1.82, 2.24) is 14.5 Å². The molecule has 2 atom stereocenters. The van der Waals surface area contributed by atoms with Crippen LogP contribution in [0.3, 0.4) is 0 Å². The monoisotopic (exact) mass is 346 g/mol. The standard InChI is InChI=1S/C15H31N4O3P/c1-7-13-12-19(10-11-21-13)23(20,22-15(2,3)4)16-14-17(5)8-9-18(14)6/h13H,7-12H2,1-6H3/t13-,23?/m0/s1. The van der Waals surface area contributed by atoms with Crippen LogP contribution in [0.1, 0.15) is 34.1 Å². The highest BCUT2D eigenvalue weighted by Crippen LogP contribution is 2.56. The summed E-state index contributed by atoms with van der Waals surface area (Å²) in [5.74, 6) is 0.733. The number of ether oxygens (including phenoxy) is 1. The van der Waals surface area contributed by atoms with Crippen molar-refractivity contribution in [1.29, 1.82) is 0 Å². The largest absolute Gasteiger partial charge is 0.393 e. The van der Waals surface area contributed by atoms with Gasteiger partial charge >= 0.3 is 7.67 Å². The van der Waals surface area contributed by atoms with Crippen LogP contribution in [0.4, 0.5) is 0 Å². The Morgan fingerprint density at radius 3 is 2.39 bits per heavy atom. The van der Waals surface area contributed by atoms with Crippen molar-refractivity contribution >= 4 is 13.6 Å². The van der Waals surface area contributed by atoms with E-state index < -0.39 is 13.3 Å². The van der Waals surface area contributed by atoms with Gasteiger partial charge in [-0.15, -0.1) is 0 Å². The molecule has 2 aliphatic rings. The van der Waals surface area contributed by atoms with Crippen molar-refractivity contribution in [3.8, 4) is 0 Å². The predicted octanol–water partition coefficient (Wildman–Crippen LogP) is 2.25. The summed E-state index contributed by atoms with van der Waals surface area (Å²) in [7, 11) is 0.608. The molecule has 2 heterocycles. The lowest BCUT2D eigenvalue weighted by molar-refractivity contribution is -0.0121. The van der Waals surface area contributed by atoms with Gasteiger partial charge in [0.2, 0.25) is 5.96 Å². The van der Waals surface area contributed by atoms with Crippen molar-refractivity contribution < 1.29 is 13.8 Å². The van der Waals surface area contributed by atoms with Crippen molar-refractivity contribution in [3.63, 3.8) is 0 Å². The summed E-state index contributed by atoms with van der Waals surface area (Å²) in [6, 6.07) is 0. The van der Waals surface area contributed by atoms with Crippen LogP contribution in [0.25, 0.3) is 0 Å². The minimum atomic E-state index is -3.33. The maximum Gasteiger partial charge on any atom is 0.393 e. The summed E-state index contributed by atoms with van der Waals surface area (Å²) >= 11 is 0. The first kappa shape index (κ1) is 18.7. The number of rotatable bonds is 4. The lowest BCUT2D eigenvalue weighted by Gasteiger charge is -2.38. The molecule has 0 N–H and O–H groups in total. The Kier molecular flexibility index (Phi) is 5.77. The Labute approximate surface area is 140 Å². The smallest absolute Gasteiger partial charge is 0.376 e. The van der Waals surface area contributed by atoms with Gasteiger partial charge in [-0.3, -0.25) is 4.52 Å². The van der Waals surface area contributed by atoms with Crippen LogP contribution in [0.2, 0.25) is 0 Å². The van der Waals surface area contributed by atoms with E-state index in [9.17, 15) is 4.57 Å². The maximum absolute atomic E-state index is 13.7. The lowest BCUT2D eigenvalue weighted by Crippen LogP contribution is -2.42. The number of hydrogen-bond acceptors (Lipinski definition) is 3. The fraction of sp³-hybridized carbons (Fsp3) is 0.933. The molecule has 0 aromatic rings. The average Bonchev–Trinajstić information content (AvgIpc) is 2.77. The molecule has 134 valence electrons. The molecule has 0 amide bonds. The molecule has 2 rings (SSSR count). The number of morpholine rings is 1. The zero-order valence-corrected chi connectivity index (χ0v) is 16.2. The minimum Gasteiger partial charge on any atom is -0.376 e. The maximum atomic E-state index is 13.7. The molecule has 2 aliphatic heterocycles. The van der Waals surface area contributed by atoms with Gasteiger partial charge in [0.15, 0.2) is 0 Å². The van der Waals surface area contributed by atoms with E-state index >= 15 is 0 Å². The Morgan fingerprint density at radius 2 is 1.87 bits per heavy atom. The number of guanidine groups is 1. The Morgan fingerprint density at radius 1 is 1.26 bits per heavy atom. The SMILES string of the molecule is CC[C@H]1CN(P(=O)(N=C2N(C)CCN2C)OC(C)(C)C)CCO1. The summed E-state index contributed by atoms with van der Waals surface area (Å²) < 4.78 is 31.9. The van der Waals surface area contributed by atoms with Gasteiger partial charge in [0.05, 0.1) is 18.3 Å². The minimum absolute atomic E-state index is 0.0832. The summed E-state index contributed by atoms with van der Waals surface area (Å²) in [5, 5.41) is 0. The summed E-state index contributed by atoms with van der Waals surface area (Å²) in [6.45, 7) is 11.3. The molecule has 0 aliphatic carbocycles. The molecule has 1 unspecified atom stereocenters. The third-order valence-corrected chi connectivity index (χ3v) is 6.29. The Bertz CT molecular complexity index is 480. The van der Waals surface area contributed by atoms with Crippen molar-refractivity contribution in [2.45, 2.75) is 45.8 Å². The molecule has 0 saturated carbocycles. The normalized spacial score (nSPS) is 26.5. The van der Waals surface area contributed by atoms with Gasteiger partial charge in [-0.05, 0) is 27.2 Å². The van der Waals surface area contributed by atoms with Crippen molar-refractivity contribution in [2.75, 3.05) is 46.9 Å². The topological polar surface area (TPSA) is 57.6 Å². The molecule has 0 aromatic carbocycles. The first-order valence-electron chi connectivity index (χ1n) is 8.35. The summed E-state index contributed by atoms with van der Waals surface area (Å²) in [6.07, 6.45) is 0.974. The summed E-state index contributed by atoms with van der Waals surface area (Å²) in [4.78, 5) is 4.05. The number of likely N-dealkylation sites (N-methyl/N-ethyl adjacent to an activating group) is 2. The molecule has 8 heteroatoms.